The summed E-state index contributed by atoms with van der Waals surface area (Å²) in [6, 6.07) is 16.1. The highest BCUT2D eigenvalue weighted by atomic mass is 16.5. The highest BCUT2D eigenvalue weighted by Crippen LogP contribution is 2.12. The first-order chi connectivity index (χ1) is 14.9. The maximum Gasteiger partial charge on any atom is 0.272 e. The summed E-state index contributed by atoms with van der Waals surface area (Å²) in [6.45, 7) is 1.59. The molecule has 1 heterocycles. The van der Waals surface area contributed by atoms with Crippen molar-refractivity contribution in [1.29, 1.82) is 5.26 Å². The summed E-state index contributed by atoms with van der Waals surface area (Å²) in [5.74, 6) is 0.753. The third-order valence-electron chi connectivity index (χ3n) is 4.52. The third-order valence-corrected chi connectivity index (χ3v) is 4.52. The number of benzene rings is 2. The lowest BCUT2D eigenvalue weighted by atomic mass is 10.1. The van der Waals surface area contributed by atoms with E-state index in [0.29, 0.717) is 17.7 Å². The third kappa shape index (κ3) is 6.29. The molecule has 0 amide bonds. The summed E-state index contributed by atoms with van der Waals surface area (Å²) in [6.07, 6.45) is 4.07. The number of aromatic nitrogens is 2. The van der Waals surface area contributed by atoms with Gasteiger partial charge in [0.15, 0.2) is 0 Å². The largest absolute Gasteiger partial charge is 0.494 e. The fourth-order valence-electron chi connectivity index (χ4n) is 2.96. The summed E-state index contributed by atoms with van der Waals surface area (Å²) < 4.78 is 5.70. The molecule has 0 fully saturated rings. The van der Waals surface area contributed by atoms with Crippen molar-refractivity contribution in [3.63, 3.8) is 0 Å². The average Bonchev–Trinajstić information content (AvgIpc) is 2.76. The molecule has 7 heteroatoms. The minimum atomic E-state index is -0.422. The van der Waals surface area contributed by atoms with Gasteiger partial charge in [0.1, 0.15) is 16.4 Å². The Morgan fingerprint density at radius 3 is 2.23 bits per heavy atom. The first-order valence-electron chi connectivity index (χ1n) is 9.88. The van der Waals surface area contributed by atoms with Crippen molar-refractivity contribution in [2.45, 2.75) is 6.42 Å². The number of aromatic amines is 2. The number of hydrogen-bond donors (Lipinski definition) is 2. The van der Waals surface area contributed by atoms with Crippen molar-refractivity contribution >= 4 is 12.2 Å². The Morgan fingerprint density at radius 2 is 1.61 bits per heavy atom. The van der Waals surface area contributed by atoms with Crippen molar-refractivity contribution in [3.8, 4) is 11.8 Å². The van der Waals surface area contributed by atoms with Crippen molar-refractivity contribution in [2.75, 3.05) is 27.2 Å². The van der Waals surface area contributed by atoms with Crippen molar-refractivity contribution in [1.82, 2.24) is 14.9 Å². The molecule has 1 aromatic heterocycles. The van der Waals surface area contributed by atoms with Gasteiger partial charge in [-0.1, -0.05) is 24.3 Å². The van der Waals surface area contributed by atoms with E-state index < -0.39 is 11.1 Å². The van der Waals surface area contributed by atoms with Crippen LogP contribution in [0.5, 0.6) is 5.75 Å². The molecular weight excluding hydrogens is 392 g/mol. The van der Waals surface area contributed by atoms with Crippen LogP contribution < -0.4 is 26.6 Å². The Morgan fingerprint density at radius 1 is 0.968 bits per heavy atom. The molecule has 158 valence electrons. The molecule has 0 aliphatic heterocycles. The number of nitriles is 1. The first-order valence-corrected chi connectivity index (χ1v) is 9.88. The highest BCUT2D eigenvalue weighted by molar-refractivity contribution is 5.52. The highest BCUT2D eigenvalue weighted by Gasteiger charge is 1.99. The second-order valence-electron chi connectivity index (χ2n) is 7.34. The van der Waals surface area contributed by atoms with E-state index in [1.54, 1.807) is 30.3 Å². The molecule has 3 aromatic rings. The van der Waals surface area contributed by atoms with Crippen molar-refractivity contribution in [3.05, 3.63) is 96.6 Å². The molecule has 0 radical (unpaired) electrons. The summed E-state index contributed by atoms with van der Waals surface area (Å²) in [5.41, 5.74) is 1.06. The number of ether oxygens (including phenoxy) is 1. The minimum Gasteiger partial charge on any atom is -0.494 e. The molecule has 3 rings (SSSR count). The molecule has 2 N–H and O–H groups in total. The lowest BCUT2D eigenvalue weighted by Gasteiger charge is -2.10. The smallest absolute Gasteiger partial charge is 0.272 e. The van der Waals surface area contributed by atoms with Gasteiger partial charge in [0.2, 0.25) is 0 Å². The van der Waals surface area contributed by atoms with Crippen LogP contribution >= 0.6 is 0 Å². The van der Waals surface area contributed by atoms with E-state index in [4.69, 9.17) is 10.00 Å². The zero-order valence-electron chi connectivity index (χ0n) is 17.5. The molecule has 2 aromatic carbocycles. The Hall–Kier alpha value is -3.89. The number of nitrogens with one attached hydrogen (secondary N) is 2. The molecule has 0 unspecified atom stereocenters. The molecule has 0 aliphatic carbocycles. The van der Waals surface area contributed by atoms with E-state index in [1.807, 2.05) is 44.4 Å². The summed E-state index contributed by atoms with van der Waals surface area (Å²) in [5, 5.41) is 9.27. The SMILES string of the molecule is CN(C)CCCOc1ccc(C=c2[nH]c(=O)c(=Cc3cccc(C#N)c3)[nH]c2=O)cc1. The van der Waals surface area contributed by atoms with E-state index in [2.05, 4.69) is 14.9 Å². The van der Waals surface area contributed by atoms with Crippen LogP contribution in [-0.4, -0.2) is 42.1 Å². The van der Waals surface area contributed by atoms with Crippen LogP contribution in [0.2, 0.25) is 0 Å². The van der Waals surface area contributed by atoms with Crippen molar-refractivity contribution in [2.24, 2.45) is 0 Å². The van der Waals surface area contributed by atoms with Gasteiger partial charge < -0.3 is 19.6 Å². The molecule has 0 bridgehead atoms. The predicted octanol–water partition coefficient (Wildman–Crippen LogP) is 0.923. The van der Waals surface area contributed by atoms with Gasteiger partial charge in [-0.05, 0) is 68.1 Å². The van der Waals surface area contributed by atoms with Crippen LogP contribution in [0.4, 0.5) is 0 Å². The number of H-pyrrole nitrogens is 2. The normalized spacial score (nSPS) is 12.2. The van der Waals surface area contributed by atoms with Gasteiger partial charge in [-0.15, -0.1) is 0 Å². The Bertz CT molecular complexity index is 1310. The number of rotatable bonds is 7. The van der Waals surface area contributed by atoms with E-state index in [-0.39, 0.29) is 10.7 Å². The number of nitrogens with zero attached hydrogens (tertiary/aromatic N) is 2. The first kappa shape index (κ1) is 21.8. The number of hydrogen-bond acceptors (Lipinski definition) is 5. The van der Waals surface area contributed by atoms with E-state index in [0.717, 1.165) is 24.3 Å². The Labute approximate surface area is 179 Å². The molecule has 7 nitrogen and oxygen atoms in total. The fourth-order valence-corrected chi connectivity index (χ4v) is 2.96. The lowest BCUT2D eigenvalue weighted by Crippen LogP contribution is -2.46. The maximum absolute atomic E-state index is 12.4. The predicted molar refractivity (Wildman–Crippen MR) is 120 cm³/mol. The topological polar surface area (TPSA) is 102 Å². The molecule has 0 spiro atoms. The standard InChI is InChI=1S/C24H24N4O3/c1-28(2)11-4-12-31-20-9-7-17(8-10-20)14-21-23(29)27-22(24(30)26-21)15-18-5-3-6-19(13-18)16-25/h3,5-10,13-15H,4,11-12H2,1-2H3,(H,26,30)(H,27,29). The Balaban J connectivity index is 1.81. The van der Waals surface area contributed by atoms with Gasteiger partial charge >= 0.3 is 0 Å². The van der Waals surface area contributed by atoms with Crippen LogP contribution in [0.25, 0.3) is 12.2 Å². The minimum absolute atomic E-state index is 0.124. The monoisotopic (exact) mass is 416 g/mol. The maximum atomic E-state index is 12.4. The van der Waals surface area contributed by atoms with Gasteiger partial charge in [0.25, 0.3) is 11.1 Å². The van der Waals surface area contributed by atoms with E-state index >= 15 is 0 Å². The molecule has 31 heavy (non-hydrogen) atoms. The summed E-state index contributed by atoms with van der Waals surface area (Å²) >= 11 is 0. The summed E-state index contributed by atoms with van der Waals surface area (Å²) in [7, 11) is 4.04. The molecular formula is C24H24N4O3. The van der Waals surface area contributed by atoms with Crippen LogP contribution in [0, 0.1) is 11.3 Å². The molecule has 0 saturated carbocycles. The van der Waals surface area contributed by atoms with Gasteiger partial charge in [-0.25, -0.2) is 0 Å². The lowest BCUT2D eigenvalue weighted by molar-refractivity contribution is 0.281. The average molecular weight is 416 g/mol. The second kappa shape index (κ2) is 10.2. The molecule has 0 saturated heterocycles. The van der Waals surface area contributed by atoms with Crippen LogP contribution in [0.3, 0.4) is 0 Å². The quantitative estimate of drug-likeness (QED) is 0.558. The van der Waals surface area contributed by atoms with Crippen LogP contribution in [0.15, 0.2) is 58.1 Å². The van der Waals surface area contributed by atoms with Gasteiger partial charge in [0, 0.05) is 6.54 Å². The second-order valence-corrected chi connectivity index (χ2v) is 7.34. The molecule has 0 atom stereocenters. The molecule has 0 aliphatic rings. The Kier molecular flexibility index (Phi) is 7.20. The zero-order valence-corrected chi connectivity index (χ0v) is 17.5. The van der Waals surface area contributed by atoms with Gasteiger partial charge in [0.05, 0.1) is 18.2 Å². The zero-order chi connectivity index (χ0) is 22.2. The van der Waals surface area contributed by atoms with Crippen LogP contribution in [-0.2, 0) is 0 Å². The van der Waals surface area contributed by atoms with Crippen molar-refractivity contribution < 1.29 is 4.74 Å². The van der Waals surface area contributed by atoms with Gasteiger partial charge in [-0.3, -0.25) is 9.59 Å². The fraction of sp³-hybridized carbons (Fsp3) is 0.208. The van der Waals surface area contributed by atoms with E-state index in [1.165, 1.54) is 6.08 Å². The van der Waals surface area contributed by atoms with Crippen LogP contribution in [0.1, 0.15) is 23.1 Å². The van der Waals surface area contributed by atoms with Gasteiger partial charge in [-0.2, -0.15) is 5.26 Å². The summed E-state index contributed by atoms with van der Waals surface area (Å²) in [4.78, 5) is 32.2. The van der Waals surface area contributed by atoms with E-state index in [9.17, 15) is 9.59 Å².